The van der Waals surface area contributed by atoms with Crippen molar-refractivity contribution in [3.63, 3.8) is 0 Å². The van der Waals surface area contributed by atoms with Crippen LogP contribution >= 0.6 is 11.8 Å². The predicted octanol–water partition coefficient (Wildman–Crippen LogP) is 3.73. The van der Waals surface area contributed by atoms with Gasteiger partial charge in [-0.3, -0.25) is 14.6 Å². The van der Waals surface area contributed by atoms with E-state index in [1.807, 2.05) is 18.2 Å². The minimum absolute atomic E-state index is 0.0374. The highest BCUT2D eigenvalue weighted by Gasteiger charge is 2.09. The minimum atomic E-state index is -0.362. The molecule has 132 valence electrons. The van der Waals surface area contributed by atoms with Crippen LogP contribution in [0.2, 0.25) is 0 Å². The van der Waals surface area contributed by atoms with Crippen molar-refractivity contribution in [2.75, 3.05) is 5.75 Å². The lowest BCUT2D eigenvalue weighted by atomic mass is 10.1. The summed E-state index contributed by atoms with van der Waals surface area (Å²) in [5, 5.41) is 8.45. The lowest BCUT2D eigenvalue weighted by Gasteiger charge is -2.03. The summed E-state index contributed by atoms with van der Waals surface area (Å²) >= 11 is 1.34. The number of hydrogen-bond acceptors (Lipinski definition) is 5. The Labute approximate surface area is 153 Å². The zero-order valence-electron chi connectivity index (χ0n) is 13.8. The van der Waals surface area contributed by atoms with Crippen LogP contribution in [0.3, 0.4) is 0 Å². The second-order valence-corrected chi connectivity index (χ2v) is 6.64. The average molecular weight is 369 g/mol. The molecule has 0 fully saturated rings. The molecule has 1 N–H and O–H groups in total. The minimum Gasteiger partial charge on any atom is -0.298 e. The van der Waals surface area contributed by atoms with E-state index in [1.54, 1.807) is 12.1 Å². The zero-order valence-corrected chi connectivity index (χ0v) is 14.6. The van der Waals surface area contributed by atoms with Gasteiger partial charge < -0.3 is 0 Å². The van der Waals surface area contributed by atoms with Crippen LogP contribution in [0.5, 0.6) is 0 Å². The van der Waals surface area contributed by atoms with Crippen LogP contribution in [-0.4, -0.2) is 26.7 Å². The van der Waals surface area contributed by atoms with E-state index in [2.05, 4.69) is 15.2 Å². The summed E-state index contributed by atoms with van der Waals surface area (Å²) in [4.78, 5) is 26.9. The van der Waals surface area contributed by atoms with Crippen molar-refractivity contribution in [2.45, 2.75) is 18.0 Å². The van der Waals surface area contributed by atoms with Gasteiger partial charge in [0.25, 0.3) is 5.56 Å². The first-order valence-corrected chi connectivity index (χ1v) is 9.06. The summed E-state index contributed by atoms with van der Waals surface area (Å²) in [6.45, 7) is 0. The van der Waals surface area contributed by atoms with E-state index in [-0.39, 0.29) is 22.9 Å². The van der Waals surface area contributed by atoms with Crippen LogP contribution < -0.4 is 5.56 Å². The zero-order chi connectivity index (χ0) is 18.4. The molecule has 0 atom stereocenters. The van der Waals surface area contributed by atoms with Gasteiger partial charge >= 0.3 is 0 Å². The molecule has 7 heteroatoms. The van der Waals surface area contributed by atoms with Gasteiger partial charge in [0.1, 0.15) is 5.82 Å². The number of benzene rings is 2. The molecular formula is C19H16FN3O2S. The third-order valence-electron chi connectivity index (χ3n) is 3.68. The lowest BCUT2D eigenvalue weighted by molar-refractivity contribution is 0.0982. The van der Waals surface area contributed by atoms with Gasteiger partial charge in [-0.15, -0.1) is 10.2 Å². The fraction of sp³-hybridized carbons (Fsp3) is 0.158. The Kier molecular flexibility index (Phi) is 5.91. The number of carbonyl (C=O) groups is 1. The summed E-state index contributed by atoms with van der Waals surface area (Å²) in [5.74, 6) is 0.214. The molecule has 0 radical (unpaired) electrons. The highest BCUT2D eigenvalue weighted by molar-refractivity contribution is 7.99. The number of aromatic nitrogens is 3. The fourth-order valence-corrected chi connectivity index (χ4v) is 3.10. The number of hydrogen-bond donors (Lipinski definition) is 1. The molecule has 0 saturated carbocycles. The Morgan fingerprint density at radius 1 is 1.04 bits per heavy atom. The van der Waals surface area contributed by atoms with Gasteiger partial charge in [0.05, 0.1) is 0 Å². The van der Waals surface area contributed by atoms with Gasteiger partial charge in [-0.2, -0.15) is 0 Å². The van der Waals surface area contributed by atoms with E-state index in [4.69, 9.17) is 0 Å². The highest BCUT2D eigenvalue weighted by Crippen LogP contribution is 2.16. The van der Waals surface area contributed by atoms with Gasteiger partial charge in [-0.1, -0.05) is 42.1 Å². The van der Waals surface area contributed by atoms with Crippen molar-refractivity contribution in [1.82, 2.24) is 15.2 Å². The SMILES string of the molecule is O=C(CCCSc1nnc(-c2ccccc2)c(=O)[nH]1)c1ccc(F)cc1. The number of ketones is 1. The topological polar surface area (TPSA) is 75.7 Å². The molecule has 0 aliphatic carbocycles. The monoisotopic (exact) mass is 369 g/mol. The summed E-state index contributed by atoms with van der Waals surface area (Å²) in [6.07, 6.45) is 0.962. The lowest BCUT2D eigenvalue weighted by Crippen LogP contribution is -2.14. The van der Waals surface area contributed by atoms with Crippen LogP contribution in [-0.2, 0) is 0 Å². The summed E-state index contributed by atoms with van der Waals surface area (Å²) in [7, 11) is 0. The first-order chi connectivity index (χ1) is 12.6. The van der Waals surface area contributed by atoms with E-state index >= 15 is 0 Å². The fourth-order valence-electron chi connectivity index (χ4n) is 2.35. The summed E-state index contributed by atoms with van der Waals surface area (Å²) in [5.41, 5.74) is 1.19. The average Bonchev–Trinajstić information content (AvgIpc) is 2.66. The van der Waals surface area contributed by atoms with Gasteiger partial charge in [0.15, 0.2) is 16.6 Å². The maximum absolute atomic E-state index is 12.9. The maximum atomic E-state index is 12.9. The summed E-state index contributed by atoms with van der Waals surface area (Å²) < 4.78 is 12.9. The second-order valence-electron chi connectivity index (χ2n) is 5.56. The molecule has 3 aromatic rings. The van der Waals surface area contributed by atoms with Crippen LogP contribution in [0.25, 0.3) is 11.3 Å². The quantitative estimate of drug-likeness (QED) is 0.390. The van der Waals surface area contributed by atoms with Crippen molar-refractivity contribution in [2.24, 2.45) is 0 Å². The molecule has 0 unspecified atom stereocenters. The van der Waals surface area contributed by atoms with Crippen LogP contribution in [0.1, 0.15) is 23.2 Å². The molecule has 26 heavy (non-hydrogen) atoms. The number of thioether (sulfide) groups is 1. The number of H-pyrrole nitrogens is 1. The van der Waals surface area contributed by atoms with E-state index in [9.17, 15) is 14.0 Å². The molecular weight excluding hydrogens is 353 g/mol. The van der Waals surface area contributed by atoms with Crippen molar-refractivity contribution >= 4 is 17.5 Å². The van der Waals surface area contributed by atoms with Gasteiger partial charge in [-0.05, 0) is 30.7 Å². The number of carbonyl (C=O) groups excluding carboxylic acids is 1. The number of Topliss-reactive ketones (excluding diaryl/α,β-unsaturated/α-hetero) is 1. The molecule has 1 heterocycles. The summed E-state index contributed by atoms with van der Waals surface area (Å²) in [6, 6.07) is 14.6. The van der Waals surface area contributed by atoms with Crippen molar-refractivity contribution < 1.29 is 9.18 Å². The molecule has 0 saturated heterocycles. The van der Waals surface area contributed by atoms with Crippen molar-refractivity contribution in [3.05, 3.63) is 76.3 Å². The second kappa shape index (κ2) is 8.53. The molecule has 2 aromatic carbocycles. The largest absolute Gasteiger partial charge is 0.298 e. The Bertz CT molecular complexity index is 943. The molecule has 5 nitrogen and oxygen atoms in total. The predicted molar refractivity (Wildman–Crippen MR) is 98.8 cm³/mol. The Morgan fingerprint density at radius 2 is 1.77 bits per heavy atom. The van der Waals surface area contributed by atoms with Gasteiger partial charge in [-0.25, -0.2) is 4.39 Å². The number of rotatable bonds is 7. The third kappa shape index (κ3) is 4.64. The number of aromatic amines is 1. The smallest absolute Gasteiger partial charge is 0.278 e. The maximum Gasteiger partial charge on any atom is 0.278 e. The number of nitrogens with one attached hydrogen (secondary N) is 1. The standard InChI is InChI=1S/C19H16FN3O2S/c20-15-10-8-13(9-11-15)16(24)7-4-12-26-19-21-18(25)17(22-23-19)14-5-2-1-3-6-14/h1-3,5-6,8-11H,4,7,12H2,(H,21,23,25). The molecule has 0 bridgehead atoms. The first kappa shape index (κ1) is 18.0. The molecule has 0 aliphatic heterocycles. The van der Waals surface area contributed by atoms with Crippen LogP contribution in [0.4, 0.5) is 4.39 Å². The molecule has 1 aromatic heterocycles. The van der Waals surface area contributed by atoms with Crippen molar-refractivity contribution in [1.29, 1.82) is 0 Å². The van der Waals surface area contributed by atoms with E-state index in [0.29, 0.717) is 34.9 Å². The highest BCUT2D eigenvalue weighted by atomic mass is 32.2. The van der Waals surface area contributed by atoms with Crippen LogP contribution in [0.15, 0.2) is 64.5 Å². The molecule has 0 amide bonds. The van der Waals surface area contributed by atoms with Gasteiger partial charge in [0.2, 0.25) is 0 Å². The Morgan fingerprint density at radius 3 is 2.46 bits per heavy atom. The van der Waals surface area contributed by atoms with E-state index in [0.717, 1.165) is 0 Å². The molecule has 0 spiro atoms. The number of nitrogens with zero attached hydrogens (tertiary/aromatic N) is 2. The normalized spacial score (nSPS) is 10.7. The molecule has 3 rings (SSSR count). The Balaban J connectivity index is 1.52. The van der Waals surface area contributed by atoms with E-state index in [1.165, 1.54) is 36.0 Å². The van der Waals surface area contributed by atoms with E-state index < -0.39 is 0 Å². The Hall–Kier alpha value is -2.80. The third-order valence-corrected chi connectivity index (χ3v) is 4.63. The van der Waals surface area contributed by atoms with Gasteiger partial charge in [0, 0.05) is 23.3 Å². The van der Waals surface area contributed by atoms with Crippen LogP contribution in [0, 0.1) is 5.82 Å². The first-order valence-electron chi connectivity index (χ1n) is 8.07. The number of halogens is 1. The molecule has 0 aliphatic rings. The van der Waals surface area contributed by atoms with Crippen molar-refractivity contribution in [3.8, 4) is 11.3 Å².